The third-order valence-electron chi connectivity index (χ3n) is 5.40. The largest absolute Gasteiger partial charge is 0.351 e. The molecule has 30 heavy (non-hydrogen) atoms. The van der Waals surface area contributed by atoms with Gasteiger partial charge in [0.15, 0.2) is 0 Å². The fourth-order valence-electron chi connectivity index (χ4n) is 3.61. The highest BCUT2D eigenvalue weighted by Crippen LogP contribution is 2.18. The van der Waals surface area contributed by atoms with E-state index in [1.54, 1.807) is 15.6 Å². The molecule has 2 aromatic rings. The maximum atomic E-state index is 12.7. The lowest BCUT2D eigenvalue weighted by Gasteiger charge is -2.34. The van der Waals surface area contributed by atoms with E-state index in [1.807, 2.05) is 42.6 Å². The highest BCUT2D eigenvalue weighted by molar-refractivity contribution is 7.89. The SMILES string of the molecule is CCCCS(=O)(=O)N1CCN(CCNC(=O)c2ccccc2Cc2cccs2)CC1. The Bertz CT molecular complexity index is 905. The van der Waals surface area contributed by atoms with Crippen molar-refractivity contribution in [2.24, 2.45) is 0 Å². The van der Waals surface area contributed by atoms with Crippen LogP contribution in [0.5, 0.6) is 0 Å². The number of hydrogen-bond donors (Lipinski definition) is 1. The van der Waals surface area contributed by atoms with E-state index in [0.717, 1.165) is 30.5 Å². The van der Waals surface area contributed by atoms with Crippen molar-refractivity contribution in [1.29, 1.82) is 0 Å². The Morgan fingerprint density at radius 1 is 1.10 bits per heavy atom. The van der Waals surface area contributed by atoms with E-state index in [4.69, 9.17) is 0 Å². The standard InChI is InChI=1S/C22H31N3O3S2/c1-2-3-17-30(27,28)25-14-12-24(13-15-25)11-10-23-22(26)21-9-5-4-7-19(21)18-20-8-6-16-29-20/h4-9,16H,2-3,10-15,17-18H2,1H3,(H,23,26). The number of carbonyl (C=O) groups is 1. The average Bonchev–Trinajstić information content (AvgIpc) is 3.26. The Labute approximate surface area is 183 Å². The minimum Gasteiger partial charge on any atom is -0.351 e. The number of hydrogen-bond acceptors (Lipinski definition) is 5. The zero-order chi connectivity index (χ0) is 21.4. The van der Waals surface area contributed by atoms with Gasteiger partial charge in [-0.25, -0.2) is 8.42 Å². The first-order valence-corrected chi connectivity index (χ1v) is 13.1. The van der Waals surface area contributed by atoms with Gasteiger partial charge in [0.1, 0.15) is 0 Å². The second-order valence-electron chi connectivity index (χ2n) is 7.58. The smallest absolute Gasteiger partial charge is 0.251 e. The summed E-state index contributed by atoms with van der Waals surface area (Å²) in [6, 6.07) is 11.8. The Morgan fingerprint density at radius 2 is 1.87 bits per heavy atom. The summed E-state index contributed by atoms with van der Waals surface area (Å²) in [5.41, 5.74) is 1.75. The number of carbonyl (C=O) groups excluding carboxylic acids is 1. The molecular formula is C22H31N3O3S2. The van der Waals surface area contributed by atoms with E-state index in [-0.39, 0.29) is 11.7 Å². The molecule has 164 valence electrons. The summed E-state index contributed by atoms with van der Waals surface area (Å²) in [6.07, 6.45) is 2.35. The van der Waals surface area contributed by atoms with Gasteiger partial charge in [-0.05, 0) is 29.5 Å². The van der Waals surface area contributed by atoms with E-state index in [1.165, 1.54) is 4.88 Å². The van der Waals surface area contributed by atoms with Crippen LogP contribution in [0.4, 0.5) is 0 Å². The second kappa shape index (κ2) is 11.0. The molecule has 0 atom stereocenters. The first-order valence-electron chi connectivity index (χ1n) is 10.6. The van der Waals surface area contributed by atoms with E-state index in [9.17, 15) is 13.2 Å². The highest BCUT2D eigenvalue weighted by Gasteiger charge is 2.26. The summed E-state index contributed by atoms with van der Waals surface area (Å²) in [5.74, 6) is 0.188. The van der Waals surface area contributed by atoms with Crippen molar-refractivity contribution >= 4 is 27.3 Å². The van der Waals surface area contributed by atoms with E-state index in [0.29, 0.717) is 39.1 Å². The number of benzene rings is 1. The number of amides is 1. The van der Waals surface area contributed by atoms with Crippen molar-refractivity contribution in [3.63, 3.8) is 0 Å². The van der Waals surface area contributed by atoms with Crippen LogP contribution in [0.3, 0.4) is 0 Å². The first kappa shape index (κ1) is 22.9. The van der Waals surface area contributed by atoms with Crippen molar-refractivity contribution in [1.82, 2.24) is 14.5 Å². The Balaban J connectivity index is 1.45. The topological polar surface area (TPSA) is 69.7 Å². The van der Waals surface area contributed by atoms with Crippen molar-refractivity contribution in [2.45, 2.75) is 26.2 Å². The van der Waals surface area contributed by atoms with Crippen LogP contribution in [-0.4, -0.2) is 68.6 Å². The maximum Gasteiger partial charge on any atom is 0.251 e. The third-order valence-corrected chi connectivity index (χ3v) is 8.23. The predicted octanol–water partition coefficient (Wildman–Crippen LogP) is 2.82. The van der Waals surface area contributed by atoms with Crippen molar-refractivity contribution in [2.75, 3.05) is 45.0 Å². The van der Waals surface area contributed by atoms with Crippen LogP contribution >= 0.6 is 11.3 Å². The molecule has 3 rings (SSSR count). The molecule has 0 aliphatic carbocycles. The molecule has 1 saturated heterocycles. The number of nitrogens with zero attached hydrogens (tertiary/aromatic N) is 2. The molecule has 1 amide bonds. The van der Waals surface area contributed by atoms with Gasteiger partial charge in [-0.2, -0.15) is 4.31 Å². The molecule has 1 aliphatic heterocycles. The van der Waals surface area contributed by atoms with Gasteiger partial charge in [-0.3, -0.25) is 9.69 Å². The third kappa shape index (κ3) is 6.38. The van der Waals surface area contributed by atoms with Gasteiger partial charge in [-0.1, -0.05) is 37.6 Å². The molecule has 2 heterocycles. The lowest BCUT2D eigenvalue weighted by molar-refractivity contribution is 0.0944. The quantitative estimate of drug-likeness (QED) is 0.606. The maximum absolute atomic E-state index is 12.7. The fraction of sp³-hybridized carbons (Fsp3) is 0.500. The summed E-state index contributed by atoms with van der Waals surface area (Å²) in [7, 11) is -3.13. The number of sulfonamides is 1. The molecule has 1 fully saturated rings. The van der Waals surface area contributed by atoms with Crippen LogP contribution in [0, 0.1) is 0 Å². The minimum atomic E-state index is -3.13. The van der Waals surface area contributed by atoms with Crippen LogP contribution in [0.2, 0.25) is 0 Å². The van der Waals surface area contributed by atoms with Crippen LogP contribution in [0.15, 0.2) is 41.8 Å². The van der Waals surface area contributed by atoms with E-state index >= 15 is 0 Å². The summed E-state index contributed by atoms with van der Waals surface area (Å²) >= 11 is 1.70. The zero-order valence-corrected chi connectivity index (χ0v) is 19.2. The number of piperazine rings is 1. The van der Waals surface area contributed by atoms with Crippen LogP contribution in [0.1, 0.15) is 40.6 Å². The lowest BCUT2D eigenvalue weighted by atomic mass is 10.0. The van der Waals surface area contributed by atoms with Gasteiger partial charge in [0, 0.05) is 56.1 Å². The number of nitrogens with one attached hydrogen (secondary N) is 1. The van der Waals surface area contributed by atoms with Gasteiger partial charge in [0.2, 0.25) is 10.0 Å². The molecule has 1 N–H and O–H groups in total. The zero-order valence-electron chi connectivity index (χ0n) is 17.5. The van der Waals surface area contributed by atoms with Gasteiger partial charge in [0.05, 0.1) is 5.75 Å². The number of unbranched alkanes of at least 4 members (excludes halogenated alkanes) is 1. The first-order chi connectivity index (χ1) is 14.5. The number of rotatable bonds is 10. The summed E-state index contributed by atoms with van der Waals surface area (Å²) in [5, 5.41) is 5.07. The fourth-order valence-corrected chi connectivity index (χ4v) is 5.97. The minimum absolute atomic E-state index is 0.0528. The monoisotopic (exact) mass is 449 g/mol. The molecule has 0 radical (unpaired) electrons. The van der Waals surface area contributed by atoms with Crippen molar-refractivity contribution in [3.05, 3.63) is 57.8 Å². The van der Waals surface area contributed by atoms with Crippen molar-refractivity contribution in [3.8, 4) is 0 Å². The van der Waals surface area contributed by atoms with Crippen LogP contribution in [-0.2, 0) is 16.4 Å². The number of thiophene rings is 1. The summed E-state index contributed by atoms with van der Waals surface area (Å²) in [4.78, 5) is 16.2. The molecule has 0 bridgehead atoms. The Morgan fingerprint density at radius 3 is 2.57 bits per heavy atom. The second-order valence-corrected chi connectivity index (χ2v) is 10.7. The molecule has 0 saturated carbocycles. The molecule has 1 aromatic heterocycles. The van der Waals surface area contributed by atoms with Gasteiger partial charge >= 0.3 is 0 Å². The molecule has 0 spiro atoms. The van der Waals surface area contributed by atoms with Crippen LogP contribution in [0.25, 0.3) is 0 Å². The van der Waals surface area contributed by atoms with Crippen molar-refractivity contribution < 1.29 is 13.2 Å². The molecule has 6 nitrogen and oxygen atoms in total. The molecule has 0 unspecified atom stereocenters. The predicted molar refractivity (Wildman–Crippen MR) is 123 cm³/mol. The van der Waals surface area contributed by atoms with Gasteiger partial charge in [0.25, 0.3) is 5.91 Å². The van der Waals surface area contributed by atoms with Gasteiger partial charge in [-0.15, -0.1) is 11.3 Å². The molecule has 8 heteroatoms. The van der Waals surface area contributed by atoms with E-state index < -0.39 is 10.0 Å². The van der Waals surface area contributed by atoms with Gasteiger partial charge < -0.3 is 5.32 Å². The van der Waals surface area contributed by atoms with Crippen LogP contribution < -0.4 is 5.32 Å². The molecule has 1 aliphatic rings. The normalized spacial score (nSPS) is 15.9. The average molecular weight is 450 g/mol. The summed E-state index contributed by atoms with van der Waals surface area (Å²) < 4.78 is 26.2. The highest BCUT2D eigenvalue weighted by atomic mass is 32.2. The van der Waals surface area contributed by atoms with E-state index in [2.05, 4.69) is 16.3 Å². The summed E-state index contributed by atoms with van der Waals surface area (Å²) in [6.45, 7) is 5.75. The molecule has 1 aromatic carbocycles. The molecular weight excluding hydrogens is 418 g/mol. The Hall–Kier alpha value is -1.74. The Kier molecular flexibility index (Phi) is 8.44. The lowest BCUT2D eigenvalue weighted by Crippen LogP contribution is -2.50.